The Balaban J connectivity index is 1.69. The standard InChI is InChI=1S/C27H27ClF4N4O3/c1-26(25(37)33-27(12-35(2)3)13-38-14-27)23(21-8-9-22(28)39-21)24(17-6-4-15(29)10-18(17)31)34-36(26)20-7-5-16(30)11-19(20)32/h4-9,11,15,23H,10,12-14H2,1-3H3,(H,33,37). The third-order valence-electron chi connectivity index (χ3n) is 7.13. The molecule has 0 bridgehead atoms. The zero-order chi connectivity index (χ0) is 28.1. The lowest BCUT2D eigenvalue weighted by atomic mass is 9.76. The van der Waals surface area contributed by atoms with Gasteiger partial charge in [0.25, 0.3) is 0 Å². The maximum atomic E-state index is 15.2. The molecule has 7 nitrogen and oxygen atoms in total. The summed E-state index contributed by atoms with van der Waals surface area (Å²) in [5.74, 6) is -4.14. The Kier molecular flexibility index (Phi) is 7.11. The van der Waals surface area contributed by atoms with Crippen molar-refractivity contribution in [1.29, 1.82) is 0 Å². The van der Waals surface area contributed by atoms with Crippen LogP contribution in [0.2, 0.25) is 5.22 Å². The molecule has 1 saturated heterocycles. The highest BCUT2D eigenvalue weighted by Gasteiger charge is 2.59. The largest absolute Gasteiger partial charge is 0.449 e. The minimum absolute atomic E-state index is 0.00690. The molecule has 1 amide bonds. The van der Waals surface area contributed by atoms with Crippen molar-refractivity contribution in [2.24, 2.45) is 5.10 Å². The topological polar surface area (TPSA) is 70.3 Å². The van der Waals surface area contributed by atoms with Gasteiger partial charge in [-0.15, -0.1) is 0 Å². The monoisotopic (exact) mass is 566 g/mol. The first-order valence-electron chi connectivity index (χ1n) is 12.3. The van der Waals surface area contributed by atoms with E-state index >= 15 is 8.78 Å². The number of amides is 1. The molecular weight excluding hydrogens is 540 g/mol. The van der Waals surface area contributed by atoms with Gasteiger partial charge in [0.1, 0.15) is 23.6 Å². The van der Waals surface area contributed by atoms with E-state index in [0.717, 1.165) is 17.1 Å². The molecule has 1 aromatic carbocycles. The predicted octanol–water partition coefficient (Wildman–Crippen LogP) is 4.90. The van der Waals surface area contributed by atoms with Gasteiger partial charge in [0, 0.05) is 24.6 Å². The van der Waals surface area contributed by atoms with Crippen LogP contribution in [0.3, 0.4) is 0 Å². The highest BCUT2D eigenvalue weighted by molar-refractivity contribution is 6.29. The van der Waals surface area contributed by atoms with E-state index in [9.17, 15) is 13.6 Å². The smallest absolute Gasteiger partial charge is 0.249 e. The van der Waals surface area contributed by atoms with Crippen LogP contribution in [0.15, 0.2) is 63.4 Å². The van der Waals surface area contributed by atoms with E-state index in [1.807, 2.05) is 19.0 Å². The molecule has 1 aliphatic carbocycles. The van der Waals surface area contributed by atoms with Crippen LogP contribution in [0, 0.1) is 11.6 Å². The minimum atomic E-state index is -1.77. The van der Waals surface area contributed by atoms with Crippen LogP contribution in [0.1, 0.15) is 25.0 Å². The number of likely N-dealkylation sites (N-methyl/N-ethyl adjacent to an activating group) is 1. The van der Waals surface area contributed by atoms with E-state index in [4.69, 9.17) is 20.8 Å². The Morgan fingerprint density at radius 2 is 1.97 bits per heavy atom. The van der Waals surface area contributed by atoms with E-state index in [2.05, 4.69) is 10.4 Å². The fraction of sp³-hybridized carbons (Fsp3) is 0.407. The van der Waals surface area contributed by atoms with Crippen molar-refractivity contribution >= 4 is 28.9 Å². The van der Waals surface area contributed by atoms with Gasteiger partial charge in [0.2, 0.25) is 5.91 Å². The van der Waals surface area contributed by atoms with Crippen LogP contribution in [0.5, 0.6) is 0 Å². The van der Waals surface area contributed by atoms with Gasteiger partial charge in [-0.3, -0.25) is 4.79 Å². The van der Waals surface area contributed by atoms with Crippen molar-refractivity contribution in [2.75, 3.05) is 38.9 Å². The molecule has 0 spiro atoms. The van der Waals surface area contributed by atoms with E-state index in [1.165, 1.54) is 31.2 Å². The van der Waals surface area contributed by atoms with Gasteiger partial charge in [-0.1, -0.05) is 6.08 Å². The zero-order valence-corrected chi connectivity index (χ0v) is 22.2. The number of allylic oxidation sites excluding steroid dienone is 4. The molecular formula is C27H27ClF4N4O3. The summed E-state index contributed by atoms with van der Waals surface area (Å²) in [6, 6.07) is 5.82. The predicted molar refractivity (Wildman–Crippen MR) is 138 cm³/mol. The number of benzene rings is 1. The SMILES string of the molecule is CN(C)CC1(NC(=O)C2(C)C(c3ccc(Cl)o3)C(C3=C(F)CC(F)C=C3)=NN2c2ccc(F)cc2F)COC1. The summed E-state index contributed by atoms with van der Waals surface area (Å²) in [4.78, 5) is 16.2. The molecule has 0 radical (unpaired) electrons. The molecule has 12 heteroatoms. The number of nitrogens with one attached hydrogen (secondary N) is 1. The average molecular weight is 567 g/mol. The molecule has 0 saturated carbocycles. The molecule has 3 heterocycles. The van der Waals surface area contributed by atoms with Crippen LogP contribution >= 0.6 is 11.6 Å². The molecule has 1 aromatic heterocycles. The third-order valence-corrected chi connectivity index (χ3v) is 7.33. The number of hydrogen-bond donors (Lipinski definition) is 1. The van der Waals surface area contributed by atoms with E-state index in [-0.39, 0.29) is 41.2 Å². The molecule has 5 rings (SSSR count). The molecule has 3 aliphatic rings. The quantitative estimate of drug-likeness (QED) is 0.483. The second kappa shape index (κ2) is 10.1. The summed E-state index contributed by atoms with van der Waals surface area (Å²) in [6.07, 6.45) is 0.379. The average Bonchev–Trinajstić information content (AvgIpc) is 3.38. The van der Waals surface area contributed by atoms with Crippen molar-refractivity contribution in [2.45, 2.75) is 36.5 Å². The molecule has 1 N–H and O–H groups in total. The van der Waals surface area contributed by atoms with E-state index < -0.39 is 53.0 Å². The second-order valence-electron chi connectivity index (χ2n) is 10.5. The number of hydrogen-bond acceptors (Lipinski definition) is 6. The van der Waals surface area contributed by atoms with Crippen molar-refractivity contribution in [3.8, 4) is 0 Å². The Morgan fingerprint density at radius 1 is 1.23 bits per heavy atom. The summed E-state index contributed by atoms with van der Waals surface area (Å²) < 4.78 is 69.4. The molecule has 3 unspecified atom stereocenters. The first kappa shape index (κ1) is 27.4. The third kappa shape index (κ3) is 4.87. The van der Waals surface area contributed by atoms with Gasteiger partial charge >= 0.3 is 0 Å². The fourth-order valence-corrected chi connectivity index (χ4v) is 5.49. The molecule has 39 heavy (non-hydrogen) atoms. The van der Waals surface area contributed by atoms with Crippen LogP contribution in [-0.4, -0.2) is 67.6 Å². The molecule has 2 aliphatic heterocycles. The lowest BCUT2D eigenvalue weighted by Crippen LogP contribution is -2.71. The van der Waals surface area contributed by atoms with Crippen LogP contribution < -0.4 is 10.3 Å². The number of anilines is 1. The van der Waals surface area contributed by atoms with Gasteiger partial charge in [-0.25, -0.2) is 22.6 Å². The number of halogens is 5. The molecule has 208 valence electrons. The van der Waals surface area contributed by atoms with Crippen LogP contribution in [0.4, 0.5) is 23.2 Å². The van der Waals surface area contributed by atoms with Crippen LogP contribution in [-0.2, 0) is 9.53 Å². The zero-order valence-electron chi connectivity index (χ0n) is 21.5. The first-order valence-corrected chi connectivity index (χ1v) is 12.7. The van der Waals surface area contributed by atoms with Gasteiger partial charge in [-0.2, -0.15) is 5.10 Å². The van der Waals surface area contributed by atoms with Gasteiger partial charge in [0.05, 0.1) is 36.1 Å². The number of furan rings is 1. The Labute approximate surface area is 227 Å². The number of carbonyl (C=O) groups is 1. The van der Waals surface area contributed by atoms with Crippen molar-refractivity contribution in [3.05, 3.63) is 76.5 Å². The second-order valence-corrected chi connectivity index (χ2v) is 10.9. The highest BCUT2D eigenvalue weighted by atomic mass is 35.5. The lowest BCUT2D eigenvalue weighted by Gasteiger charge is -2.46. The van der Waals surface area contributed by atoms with Crippen molar-refractivity contribution in [1.82, 2.24) is 10.2 Å². The maximum absolute atomic E-state index is 15.2. The first-order chi connectivity index (χ1) is 18.4. The minimum Gasteiger partial charge on any atom is -0.449 e. The Morgan fingerprint density at radius 3 is 2.54 bits per heavy atom. The number of ether oxygens (including phenoxy) is 1. The van der Waals surface area contributed by atoms with Crippen LogP contribution in [0.25, 0.3) is 0 Å². The summed E-state index contributed by atoms with van der Waals surface area (Å²) in [5.41, 5.74) is -2.78. The number of nitrogens with zero attached hydrogens (tertiary/aromatic N) is 3. The maximum Gasteiger partial charge on any atom is 0.249 e. The number of carbonyl (C=O) groups excluding carboxylic acids is 1. The molecule has 3 atom stereocenters. The van der Waals surface area contributed by atoms with Gasteiger partial charge in [-0.05, 0) is 63.0 Å². The summed E-state index contributed by atoms with van der Waals surface area (Å²) in [6.45, 7) is 2.44. The van der Waals surface area contributed by atoms with Crippen molar-refractivity contribution < 1.29 is 31.5 Å². The summed E-state index contributed by atoms with van der Waals surface area (Å²) in [7, 11) is 3.70. The summed E-state index contributed by atoms with van der Waals surface area (Å²) in [5, 5.41) is 8.69. The fourth-order valence-electron chi connectivity index (χ4n) is 5.34. The van der Waals surface area contributed by atoms with E-state index in [0.29, 0.717) is 12.6 Å². The van der Waals surface area contributed by atoms with Gasteiger partial charge < -0.3 is 19.4 Å². The number of rotatable bonds is 7. The normalized spacial score (nSPS) is 26.2. The Bertz CT molecular complexity index is 1390. The van der Waals surface area contributed by atoms with E-state index in [1.54, 1.807) is 0 Å². The highest BCUT2D eigenvalue weighted by Crippen LogP contribution is 2.48. The number of alkyl halides is 1. The summed E-state index contributed by atoms with van der Waals surface area (Å²) >= 11 is 6.09. The lowest BCUT2D eigenvalue weighted by molar-refractivity contribution is -0.139. The molecule has 1 fully saturated rings. The van der Waals surface area contributed by atoms with Crippen molar-refractivity contribution in [3.63, 3.8) is 0 Å². The Hall–Kier alpha value is -3.15. The van der Waals surface area contributed by atoms with Gasteiger partial charge in [0.15, 0.2) is 16.6 Å². The molecule has 2 aromatic rings. The number of hydrazone groups is 1.